The second kappa shape index (κ2) is 8.26. The lowest BCUT2D eigenvalue weighted by molar-refractivity contribution is -0.211. The van der Waals surface area contributed by atoms with E-state index in [9.17, 15) is 14.4 Å². The van der Waals surface area contributed by atoms with E-state index in [1.165, 1.54) is 16.8 Å². The molecule has 1 spiro atoms. The molecule has 1 N–H and O–H groups in total. The van der Waals surface area contributed by atoms with Crippen molar-refractivity contribution in [2.24, 2.45) is 5.92 Å². The Kier molecular flexibility index (Phi) is 5.26. The highest BCUT2D eigenvalue weighted by Crippen LogP contribution is 2.62. The van der Waals surface area contributed by atoms with E-state index in [2.05, 4.69) is 4.98 Å². The number of carbonyl (C=O) groups is 1. The van der Waals surface area contributed by atoms with Gasteiger partial charge in [-0.15, -0.1) is 0 Å². The van der Waals surface area contributed by atoms with Gasteiger partial charge in [0.2, 0.25) is 5.79 Å². The predicted molar refractivity (Wildman–Crippen MR) is 127 cm³/mol. The summed E-state index contributed by atoms with van der Waals surface area (Å²) >= 11 is 0. The van der Waals surface area contributed by atoms with Crippen LogP contribution < -0.4 is 11.2 Å². The van der Waals surface area contributed by atoms with Gasteiger partial charge in [0.15, 0.2) is 6.23 Å². The van der Waals surface area contributed by atoms with Crippen molar-refractivity contribution in [1.29, 1.82) is 0 Å². The fourth-order valence-electron chi connectivity index (χ4n) is 5.14. The van der Waals surface area contributed by atoms with Crippen LogP contribution in [0.4, 0.5) is 0 Å². The molecule has 6 rings (SSSR count). The molecule has 0 radical (unpaired) electrons. The fraction of sp³-hybridized carbons (Fsp3) is 0.370. The molecular weight excluding hydrogens is 464 g/mol. The number of nitrogens with one attached hydrogen (secondary N) is 1. The number of carbonyl (C=O) groups excluding carboxylic acids is 1. The highest BCUT2D eigenvalue weighted by atomic mass is 16.8. The van der Waals surface area contributed by atoms with Gasteiger partial charge in [0.05, 0.1) is 5.92 Å². The first-order valence-corrected chi connectivity index (χ1v) is 12.0. The maximum atomic E-state index is 12.7. The molecule has 1 saturated carbocycles. The molecule has 2 aliphatic heterocycles. The minimum absolute atomic E-state index is 0.300. The maximum absolute atomic E-state index is 12.7. The lowest BCUT2D eigenvalue weighted by Gasteiger charge is -2.32. The topological polar surface area (TPSA) is 109 Å². The normalized spacial score (nSPS) is 29.9. The van der Waals surface area contributed by atoms with E-state index in [-0.39, 0.29) is 11.9 Å². The van der Waals surface area contributed by atoms with Crippen LogP contribution >= 0.6 is 0 Å². The van der Waals surface area contributed by atoms with E-state index < -0.39 is 47.2 Å². The smallest absolute Gasteiger partial charge is 0.330 e. The third-order valence-electron chi connectivity index (χ3n) is 7.05. The van der Waals surface area contributed by atoms with Gasteiger partial charge < -0.3 is 18.9 Å². The number of esters is 1. The molecule has 186 valence electrons. The van der Waals surface area contributed by atoms with Crippen LogP contribution in [-0.4, -0.2) is 39.4 Å². The Bertz CT molecular complexity index is 1360. The van der Waals surface area contributed by atoms with E-state index in [0.29, 0.717) is 6.42 Å². The lowest BCUT2D eigenvalue weighted by atomic mass is 9.97. The molecular formula is C27H26N2O7. The standard InChI is InChI=1S/C27H26N2O7/c1-16(2)24(31)33-19-15-26(19)22-21(23(36-26)29-14-13-20(30)28-25(29)32)34-27(35-22,17-9-5-3-6-10-17)18-11-7-4-8-12-18/h3-14,16,19,21-23H,15H2,1-2H3,(H,28,30,32)/t19-,21-,22+,23-,26+/m1/s1. The number of fused-ring (bicyclic) bond motifs is 2. The van der Waals surface area contributed by atoms with Crippen LogP contribution in [0.3, 0.4) is 0 Å². The van der Waals surface area contributed by atoms with Crippen LogP contribution in [0.5, 0.6) is 0 Å². The first kappa shape index (κ1) is 22.9. The van der Waals surface area contributed by atoms with Gasteiger partial charge in [-0.1, -0.05) is 74.5 Å². The van der Waals surface area contributed by atoms with Crippen LogP contribution in [0.25, 0.3) is 0 Å². The van der Waals surface area contributed by atoms with Gasteiger partial charge in [-0.05, 0) is 0 Å². The number of H-pyrrole nitrogens is 1. The van der Waals surface area contributed by atoms with E-state index in [1.54, 1.807) is 13.8 Å². The monoisotopic (exact) mass is 490 g/mol. The molecule has 3 aliphatic rings. The molecule has 5 atom stereocenters. The molecule has 36 heavy (non-hydrogen) atoms. The SMILES string of the molecule is CC(C)C(=O)O[C@@H]1C[C@]12O[C@@H](n1ccc(=O)[nH]c1=O)[C@@H]1OC(c3ccccc3)(c3ccccc3)O[C@@H]12. The number of ether oxygens (including phenoxy) is 4. The van der Waals surface area contributed by atoms with Crippen molar-refractivity contribution < 1.29 is 23.7 Å². The summed E-state index contributed by atoms with van der Waals surface area (Å²) in [4.78, 5) is 39.1. The Balaban J connectivity index is 1.46. The Morgan fingerprint density at radius 3 is 2.19 bits per heavy atom. The average Bonchev–Trinajstić information content (AvgIpc) is 3.27. The molecule has 1 aliphatic carbocycles. The molecule has 9 nitrogen and oxygen atoms in total. The summed E-state index contributed by atoms with van der Waals surface area (Å²) in [7, 11) is 0. The highest BCUT2D eigenvalue weighted by molar-refractivity contribution is 5.72. The number of benzene rings is 2. The van der Waals surface area contributed by atoms with Crippen molar-refractivity contribution in [3.8, 4) is 0 Å². The summed E-state index contributed by atoms with van der Waals surface area (Å²) in [5, 5.41) is 0. The van der Waals surface area contributed by atoms with Crippen molar-refractivity contribution in [3.63, 3.8) is 0 Å². The van der Waals surface area contributed by atoms with Crippen LogP contribution in [-0.2, 0) is 29.5 Å². The van der Waals surface area contributed by atoms with Crippen molar-refractivity contribution in [3.05, 3.63) is 105 Å². The zero-order chi connectivity index (χ0) is 25.1. The number of hydrogen-bond acceptors (Lipinski definition) is 7. The summed E-state index contributed by atoms with van der Waals surface area (Å²) in [6.45, 7) is 3.53. The van der Waals surface area contributed by atoms with Crippen molar-refractivity contribution in [2.45, 2.75) is 56.2 Å². The third-order valence-corrected chi connectivity index (χ3v) is 7.05. The number of rotatable bonds is 5. The summed E-state index contributed by atoms with van der Waals surface area (Å²) < 4.78 is 27.0. The third kappa shape index (κ3) is 3.46. The molecule has 3 aromatic rings. The van der Waals surface area contributed by atoms with Gasteiger partial charge in [0.25, 0.3) is 5.56 Å². The molecule has 0 amide bonds. The van der Waals surface area contributed by atoms with Crippen molar-refractivity contribution in [1.82, 2.24) is 9.55 Å². The average molecular weight is 491 g/mol. The minimum Gasteiger partial charge on any atom is -0.459 e. The number of aromatic nitrogens is 2. The van der Waals surface area contributed by atoms with E-state index in [1.807, 2.05) is 60.7 Å². The van der Waals surface area contributed by atoms with Gasteiger partial charge in [-0.2, -0.15) is 0 Å². The second-order valence-corrected chi connectivity index (χ2v) is 9.73. The molecule has 2 aromatic carbocycles. The van der Waals surface area contributed by atoms with Crippen LogP contribution in [0, 0.1) is 5.92 Å². The van der Waals surface area contributed by atoms with Crippen LogP contribution in [0.2, 0.25) is 0 Å². The summed E-state index contributed by atoms with van der Waals surface area (Å²) in [5.74, 6) is -1.91. The molecule has 1 aromatic heterocycles. The Morgan fingerprint density at radius 2 is 1.61 bits per heavy atom. The van der Waals surface area contributed by atoms with Crippen LogP contribution in [0.1, 0.15) is 37.6 Å². The molecule has 0 unspecified atom stereocenters. The van der Waals surface area contributed by atoms with Gasteiger partial charge in [0.1, 0.15) is 23.9 Å². The predicted octanol–water partition coefficient (Wildman–Crippen LogP) is 2.46. The summed E-state index contributed by atoms with van der Waals surface area (Å²) in [6, 6.07) is 20.4. The Hall–Kier alpha value is -3.53. The molecule has 2 saturated heterocycles. The Labute approximate surface area is 206 Å². The van der Waals surface area contributed by atoms with Crippen molar-refractivity contribution >= 4 is 5.97 Å². The first-order chi connectivity index (χ1) is 17.3. The number of nitrogens with zero attached hydrogens (tertiary/aromatic N) is 1. The lowest BCUT2D eigenvalue weighted by Crippen LogP contribution is -2.38. The summed E-state index contributed by atoms with van der Waals surface area (Å²) in [6.07, 6.45) is -1.04. The second-order valence-electron chi connectivity index (χ2n) is 9.73. The zero-order valence-corrected chi connectivity index (χ0v) is 19.8. The quantitative estimate of drug-likeness (QED) is 0.547. The molecule has 3 heterocycles. The van der Waals surface area contributed by atoms with E-state index in [4.69, 9.17) is 18.9 Å². The summed E-state index contributed by atoms with van der Waals surface area (Å²) in [5.41, 5.74) is -0.558. The fourth-order valence-corrected chi connectivity index (χ4v) is 5.14. The van der Waals surface area contributed by atoms with Gasteiger partial charge in [-0.3, -0.25) is 19.1 Å². The minimum atomic E-state index is -1.27. The van der Waals surface area contributed by atoms with Gasteiger partial charge >= 0.3 is 11.7 Å². The van der Waals surface area contributed by atoms with Crippen molar-refractivity contribution in [2.75, 3.05) is 0 Å². The van der Waals surface area contributed by atoms with E-state index >= 15 is 0 Å². The number of hydrogen-bond donors (Lipinski definition) is 1. The Morgan fingerprint density at radius 1 is 0.972 bits per heavy atom. The van der Waals surface area contributed by atoms with Crippen LogP contribution in [0.15, 0.2) is 82.5 Å². The number of aromatic amines is 1. The zero-order valence-electron chi connectivity index (χ0n) is 19.8. The molecule has 9 heteroatoms. The maximum Gasteiger partial charge on any atom is 0.330 e. The largest absolute Gasteiger partial charge is 0.459 e. The van der Waals surface area contributed by atoms with Gasteiger partial charge in [-0.25, -0.2) is 4.79 Å². The molecule has 0 bridgehead atoms. The van der Waals surface area contributed by atoms with E-state index in [0.717, 1.165) is 11.1 Å². The van der Waals surface area contributed by atoms with Gasteiger partial charge in [0, 0.05) is 29.8 Å². The first-order valence-electron chi connectivity index (χ1n) is 12.0. The molecule has 3 fully saturated rings. The highest BCUT2D eigenvalue weighted by Gasteiger charge is 2.77.